The Labute approximate surface area is 145 Å². The van der Waals surface area contributed by atoms with Crippen molar-refractivity contribution in [3.05, 3.63) is 39.1 Å². The van der Waals surface area contributed by atoms with Gasteiger partial charge in [0.2, 0.25) is 5.95 Å². The maximum absolute atomic E-state index is 12.8. The molecule has 3 heterocycles. The topological polar surface area (TPSA) is 87.1 Å². The molecule has 4 rings (SSSR count). The Hall–Kier alpha value is -2.48. The van der Waals surface area contributed by atoms with Gasteiger partial charge in [-0.3, -0.25) is 14.6 Å². The number of nitrogens with one attached hydrogen (secondary N) is 1. The van der Waals surface area contributed by atoms with Gasteiger partial charge in [0.1, 0.15) is 0 Å². The fourth-order valence-corrected chi connectivity index (χ4v) is 3.54. The van der Waals surface area contributed by atoms with Crippen molar-refractivity contribution in [1.82, 2.24) is 29.5 Å². The van der Waals surface area contributed by atoms with Crippen LogP contribution in [-0.4, -0.2) is 68.7 Å². The molecule has 0 radical (unpaired) electrons. The van der Waals surface area contributed by atoms with E-state index in [1.807, 2.05) is 11.8 Å². The monoisotopic (exact) mass is 342 g/mol. The quantitative estimate of drug-likeness (QED) is 0.839. The van der Waals surface area contributed by atoms with Gasteiger partial charge in [-0.25, -0.2) is 9.67 Å². The molecule has 1 saturated heterocycles. The van der Waals surface area contributed by atoms with Gasteiger partial charge in [-0.05, 0) is 33.2 Å². The number of H-pyrrole nitrogens is 1. The van der Waals surface area contributed by atoms with E-state index in [0.29, 0.717) is 30.3 Å². The van der Waals surface area contributed by atoms with Crippen molar-refractivity contribution in [2.45, 2.75) is 26.2 Å². The van der Waals surface area contributed by atoms with E-state index < -0.39 is 0 Å². The fraction of sp³-hybridized carbons (Fsp3) is 0.529. The lowest BCUT2D eigenvalue weighted by Gasteiger charge is -2.32. The summed E-state index contributed by atoms with van der Waals surface area (Å²) in [7, 11) is 2.06. The molecule has 2 aromatic heterocycles. The van der Waals surface area contributed by atoms with Gasteiger partial charge in [0.05, 0.1) is 23.1 Å². The van der Waals surface area contributed by atoms with E-state index >= 15 is 0 Å². The second-order valence-corrected chi connectivity index (χ2v) is 6.82. The molecule has 0 aromatic carbocycles. The Balaban J connectivity index is 1.65. The van der Waals surface area contributed by atoms with Crippen LogP contribution in [0.15, 0.2) is 11.0 Å². The number of fused-ring (bicyclic) bond motifs is 1. The van der Waals surface area contributed by atoms with Crippen molar-refractivity contribution in [3.8, 4) is 5.95 Å². The molecule has 8 nitrogen and oxygen atoms in total. The number of hydrogen-bond acceptors (Lipinski definition) is 5. The maximum Gasteiger partial charge on any atom is 0.257 e. The Morgan fingerprint density at radius 3 is 2.72 bits per heavy atom. The molecule has 8 heteroatoms. The minimum Gasteiger partial charge on any atom is -0.336 e. The SMILES string of the molecule is Cc1c(C(=O)N2CCN(C)CC2)cnn1-c1nc2c(c(=O)[nH]1)CCC2. The van der Waals surface area contributed by atoms with Crippen molar-refractivity contribution in [2.75, 3.05) is 33.2 Å². The van der Waals surface area contributed by atoms with Crippen molar-refractivity contribution in [1.29, 1.82) is 0 Å². The number of aromatic amines is 1. The highest BCUT2D eigenvalue weighted by atomic mass is 16.2. The van der Waals surface area contributed by atoms with E-state index in [9.17, 15) is 9.59 Å². The maximum atomic E-state index is 12.8. The van der Waals surface area contributed by atoms with E-state index in [1.54, 1.807) is 10.9 Å². The van der Waals surface area contributed by atoms with Crippen molar-refractivity contribution < 1.29 is 4.79 Å². The summed E-state index contributed by atoms with van der Waals surface area (Å²) in [6.45, 7) is 5.02. The van der Waals surface area contributed by atoms with Gasteiger partial charge in [-0.2, -0.15) is 5.10 Å². The molecular weight excluding hydrogens is 320 g/mol. The zero-order valence-corrected chi connectivity index (χ0v) is 14.6. The largest absolute Gasteiger partial charge is 0.336 e. The van der Waals surface area contributed by atoms with Crippen molar-refractivity contribution in [3.63, 3.8) is 0 Å². The Kier molecular flexibility index (Phi) is 3.91. The number of aryl methyl sites for hydroxylation is 1. The molecule has 0 atom stereocenters. The molecule has 0 bridgehead atoms. The summed E-state index contributed by atoms with van der Waals surface area (Å²) in [6.07, 6.45) is 4.13. The minimum atomic E-state index is -0.0978. The molecule has 2 aromatic rings. The number of likely N-dealkylation sites (N-methyl/N-ethyl adjacent to an activating group) is 1. The summed E-state index contributed by atoms with van der Waals surface area (Å²) in [6, 6.07) is 0. The zero-order valence-electron chi connectivity index (χ0n) is 14.6. The molecule has 0 spiro atoms. The van der Waals surface area contributed by atoms with Crippen LogP contribution in [0.1, 0.15) is 33.7 Å². The first-order valence-corrected chi connectivity index (χ1v) is 8.69. The standard InChI is InChI=1S/C17H22N6O2/c1-11-13(16(25)22-8-6-21(2)7-9-22)10-18-23(11)17-19-14-5-3-4-12(14)15(24)20-17/h10H,3-9H2,1-2H3,(H,19,20,24). The van der Waals surface area contributed by atoms with Gasteiger partial charge in [-0.15, -0.1) is 0 Å². The lowest BCUT2D eigenvalue weighted by atomic mass is 10.2. The zero-order chi connectivity index (χ0) is 17.6. The van der Waals surface area contributed by atoms with Gasteiger partial charge in [-0.1, -0.05) is 0 Å². The second kappa shape index (κ2) is 6.11. The van der Waals surface area contributed by atoms with Crippen LogP contribution in [0.25, 0.3) is 5.95 Å². The molecule has 0 unspecified atom stereocenters. The first-order chi connectivity index (χ1) is 12.0. The minimum absolute atomic E-state index is 0.0136. The predicted molar refractivity (Wildman–Crippen MR) is 92.1 cm³/mol. The van der Waals surface area contributed by atoms with Gasteiger partial charge in [0, 0.05) is 31.7 Å². The molecule has 1 aliphatic carbocycles. The third-order valence-electron chi connectivity index (χ3n) is 5.16. The summed E-state index contributed by atoms with van der Waals surface area (Å²) in [5, 5.41) is 4.31. The first kappa shape index (κ1) is 16.0. The molecule has 1 aliphatic heterocycles. The fourth-order valence-electron chi connectivity index (χ4n) is 3.54. The number of nitrogens with zero attached hydrogens (tertiary/aromatic N) is 5. The molecular formula is C17H22N6O2. The average Bonchev–Trinajstić information content (AvgIpc) is 3.21. The Bertz CT molecular complexity index is 876. The van der Waals surface area contributed by atoms with Crippen molar-refractivity contribution in [2.24, 2.45) is 0 Å². The predicted octanol–water partition coefficient (Wildman–Crippen LogP) is 0.140. The molecule has 0 saturated carbocycles. The number of carbonyl (C=O) groups excluding carboxylic acids is 1. The number of aromatic nitrogens is 4. The van der Waals surface area contributed by atoms with Crippen LogP contribution in [0.3, 0.4) is 0 Å². The van der Waals surface area contributed by atoms with E-state index in [0.717, 1.165) is 43.6 Å². The van der Waals surface area contributed by atoms with Gasteiger partial charge in [0.15, 0.2) is 0 Å². The summed E-state index contributed by atoms with van der Waals surface area (Å²) >= 11 is 0. The molecule has 2 aliphatic rings. The number of rotatable bonds is 2. The van der Waals surface area contributed by atoms with E-state index in [2.05, 4.69) is 27.0 Å². The molecule has 1 amide bonds. The summed E-state index contributed by atoms with van der Waals surface area (Å²) in [5.41, 5.74) is 2.79. The van der Waals surface area contributed by atoms with E-state index in [-0.39, 0.29) is 11.5 Å². The molecule has 132 valence electrons. The normalized spacial score (nSPS) is 17.8. The van der Waals surface area contributed by atoms with Crippen LogP contribution in [-0.2, 0) is 12.8 Å². The highest BCUT2D eigenvalue weighted by Crippen LogP contribution is 2.18. The highest BCUT2D eigenvalue weighted by molar-refractivity contribution is 5.95. The Morgan fingerprint density at radius 2 is 1.96 bits per heavy atom. The summed E-state index contributed by atoms with van der Waals surface area (Å²) in [5.74, 6) is 0.376. The molecule has 1 fully saturated rings. The van der Waals surface area contributed by atoms with Crippen LogP contribution in [0.5, 0.6) is 0 Å². The van der Waals surface area contributed by atoms with E-state index in [4.69, 9.17) is 0 Å². The average molecular weight is 342 g/mol. The summed E-state index contributed by atoms with van der Waals surface area (Å²) in [4.78, 5) is 36.4. The Morgan fingerprint density at radius 1 is 1.20 bits per heavy atom. The van der Waals surface area contributed by atoms with Crippen LogP contribution >= 0.6 is 0 Å². The van der Waals surface area contributed by atoms with Gasteiger partial charge < -0.3 is 9.80 Å². The first-order valence-electron chi connectivity index (χ1n) is 8.69. The number of carbonyl (C=O) groups is 1. The number of hydrogen-bond donors (Lipinski definition) is 1. The smallest absolute Gasteiger partial charge is 0.257 e. The summed E-state index contributed by atoms with van der Waals surface area (Å²) < 4.78 is 1.56. The van der Waals surface area contributed by atoms with E-state index in [1.165, 1.54) is 0 Å². The number of amides is 1. The third kappa shape index (κ3) is 2.76. The van der Waals surface area contributed by atoms with Crippen LogP contribution in [0.2, 0.25) is 0 Å². The van der Waals surface area contributed by atoms with Crippen LogP contribution in [0.4, 0.5) is 0 Å². The lowest BCUT2D eigenvalue weighted by Crippen LogP contribution is -2.47. The van der Waals surface area contributed by atoms with Crippen LogP contribution < -0.4 is 5.56 Å². The van der Waals surface area contributed by atoms with Gasteiger partial charge >= 0.3 is 0 Å². The third-order valence-corrected chi connectivity index (χ3v) is 5.16. The molecule has 1 N–H and O–H groups in total. The second-order valence-electron chi connectivity index (χ2n) is 6.82. The number of piperazine rings is 1. The lowest BCUT2D eigenvalue weighted by molar-refractivity contribution is 0.0663. The molecule has 25 heavy (non-hydrogen) atoms. The van der Waals surface area contributed by atoms with Crippen LogP contribution in [0, 0.1) is 6.92 Å². The highest BCUT2D eigenvalue weighted by Gasteiger charge is 2.25. The van der Waals surface area contributed by atoms with Crippen molar-refractivity contribution >= 4 is 5.91 Å². The van der Waals surface area contributed by atoms with Gasteiger partial charge in [0.25, 0.3) is 11.5 Å².